The summed E-state index contributed by atoms with van der Waals surface area (Å²) in [5.74, 6) is 0.223. The number of benzene rings is 3. The quantitative estimate of drug-likeness (QED) is 0.189. The number of carbonyl (C=O) groups excluding carboxylic acids is 2. The highest BCUT2D eigenvalue weighted by atomic mass is 16.2. The highest BCUT2D eigenvalue weighted by Crippen LogP contribution is 2.30. The minimum Gasteiger partial charge on any atom is -0.336 e. The predicted octanol–water partition coefficient (Wildman–Crippen LogP) is 7.02. The van der Waals surface area contributed by atoms with E-state index >= 15 is 0 Å². The number of nitrogens with zero attached hydrogens (tertiary/aromatic N) is 5. The van der Waals surface area contributed by atoms with Crippen LogP contribution in [0, 0.1) is 6.92 Å². The molecule has 5 aromatic rings. The van der Waals surface area contributed by atoms with Gasteiger partial charge in [0.2, 0.25) is 5.95 Å². The van der Waals surface area contributed by atoms with Gasteiger partial charge in [-0.15, -0.1) is 0 Å². The van der Waals surface area contributed by atoms with E-state index in [0.29, 0.717) is 35.9 Å². The van der Waals surface area contributed by atoms with E-state index in [0.717, 1.165) is 60.3 Å². The zero-order valence-corrected chi connectivity index (χ0v) is 26.9. The number of hydrogen-bond acceptors (Lipinski definition) is 7. The molecule has 48 heavy (non-hydrogen) atoms. The summed E-state index contributed by atoms with van der Waals surface area (Å²) in [6.45, 7) is 5.63. The van der Waals surface area contributed by atoms with Crippen LogP contribution in [0.1, 0.15) is 50.4 Å². The predicted molar refractivity (Wildman–Crippen MR) is 190 cm³/mol. The first-order chi connectivity index (χ1) is 23.5. The molecule has 1 aliphatic heterocycles. The van der Waals surface area contributed by atoms with Crippen LogP contribution < -0.4 is 10.6 Å². The van der Waals surface area contributed by atoms with E-state index in [4.69, 9.17) is 9.97 Å². The first-order valence-electron chi connectivity index (χ1n) is 16.3. The van der Waals surface area contributed by atoms with E-state index in [-0.39, 0.29) is 11.8 Å². The number of anilines is 3. The Morgan fingerprint density at radius 1 is 0.875 bits per heavy atom. The van der Waals surface area contributed by atoms with Crippen molar-refractivity contribution in [2.75, 3.05) is 36.8 Å². The van der Waals surface area contributed by atoms with E-state index in [9.17, 15) is 9.59 Å². The van der Waals surface area contributed by atoms with Crippen molar-refractivity contribution in [3.05, 3.63) is 137 Å². The molecular formula is C39H37N7O2. The second-order valence-electron chi connectivity index (χ2n) is 12.2. The number of pyridine rings is 1. The molecule has 0 saturated carbocycles. The normalized spacial score (nSPS) is 14.9. The van der Waals surface area contributed by atoms with Crippen LogP contribution in [0.4, 0.5) is 17.3 Å². The van der Waals surface area contributed by atoms with Crippen LogP contribution in [0.2, 0.25) is 0 Å². The summed E-state index contributed by atoms with van der Waals surface area (Å²) in [5, 5.41) is 7.36. The fourth-order valence-electron chi connectivity index (χ4n) is 6.14. The molecule has 2 amide bonds. The first kappa shape index (κ1) is 31.0. The highest BCUT2D eigenvalue weighted by Gasteiger charge is 2.23. The summed E-state index contributed by atoms with van der Waals surface area (Å²) in [5.41, 5.74) is 7.49. The number of aromatic nitrogens is 3. The minimum absolute atomic E-state index is 0.0303. The van der Waals surface area contributed by atoms with Gasteiger partial charge in [0.1, 0.15) is 0 Å². The lowest BCUT2D eigenvalue weighted by Crippen LogP contribution is -2.48. The van der Waals surface area contributed by atoms with Crippen molar-refractivity contribution in [3.63, 3.8) is 0 Å². The number of amides is 2. The lowest BCUT2D eigenvalue weighted by molar-refractivity contribution is 0.0628. The number of aryl methyl sites for hydroxylation is 1. The van der Waals surface area contributed by atoms with Crippen molar-refractivity contribution in [3.8, 4) is 0 Å². The number of fused-ring (bicyclic) bond motifs is 1. The van der Waals surface area contributed by atoms with Gasteiger partial charge < -0.3 is 15.5 Å². The van der Waals surface area contributed by atoms with Crippen molar-refractivity contribution >= 4 is 45.6 Å². The Bertz CT molecular complexity index is 2010. The number of rotatable bonds is 8. The van der Waals surface area contributed by atoms with Gasteiger partial charge in [0.25, 0.3) is 11.8 Å². The molecule has 0 unspecified atom stereocenters. The van der Waals surface area contributed by atoms with Crippen molar-refractivity contribution in [1.29, 1.82) is 0 Å². The molecule has 0 spiro atoms. The second kappa shape index (κ2) is 14.0. The van der Waals surface area contributed by atoms with E-state index in [1.54, 1.807) is 24.4 Å². The lowest BCUT2D eigenvalue weighted by Gasteiger charge is -2.34. The Kier molecular flexibility index (Phi) is 9.02. The number of allylic oxidation sites excluding steroid dienone is 4. The zero-order chi connectivity index (χ0) is 32.9. The van der Waals surface area contributed by atoms with Crippen molar-refractivity contribution < 1.29 is 9.59 Å². The average molecular weight is 636 g/mol. The summed E-state index contributed by atoms with van der Waals surface area (Å²) in [7, 11) is 0. The molecule has 2 aliphatic rings. The fraction of sp³-hybridized carbons (Fsp3) is 0.205. The topological polar surface area (TPSA) is 103 Å². The Morgan fingerprint density at radius 2 is 1.69 bits per heavy atom. The number of carbonyl (C=O) groups is 2. The van der Waals surface area contributed by atoms with Gasteiger partial charge in [-0.3, -0.25) is 19.5 Å². The first-order valence-corrected chi connectivity index (χ1v) is 16.3. The third-order valence-corrected chi connectivity index (χ3v) is 8.85. The molecular weight excluding hydrogens is 598 g/mol. The van der Waals surface area contributed by atoms with Gasteiger partial charge in [-0.1, -0.05) is 48.6 Å². The molecule has 3 heterocycles. The lowest BCUT2D eigenvalue weighted by atomic mass is 9.99. The van der Waals surface area contributed by atoms with Gasteiger partial charge in [0.15, 0.2) is 0 Å². The fourth-order valence-corrected chi connectivity index (χ4v) is 6.14. The van der Waals surface area contributed by atoms with Gasteiger partial charge in [-0.25, -0.2) is 9.97 Å². The van der Waals surface area contributed by atoms with E-state index in [2.05, 4.69) is 50.9 Å². The van der Waals surface area contributed by atoms with Crippen LogP contribution in [-0.2, 0) is 6.54 Å². The molecule has 0 atom stereocenters. The van der Waals surface area contributed by atoms with Gasteiger partial charge in [0.05, 0.1) is 11.2 Å². The van der Waals surface area contributed by atoms with E-state index in [1.165, 1.54) is 11.1 Å². The number of nitrogens with one attached hydrogen (secondary N) is 2. The molecule has 1 aliphatic carbocycles. The zero-order valence-electron chi connectivity index (χ0n) is 26.9. The molecule has 1 fully saturated rings. The molecule has 0 radical (unpaired) electrons. The van der Waals surface area contributed by atoms with Crippen LogP contribution in [0.25, 0.3) is 16.5 Å². The molecule has 2 aromatic heterocycles. The maximum atomic E-state index is 13.4. The van der Waals surface area contributed by atoms with Crippen LogP contribution in [0.5, 0.6) is 0 Å². The van der Waals surface area contributed by atoms with Crippen molar-refractivity contribution in [1.82, 2.24) is 24.8 Å². The maximum Gasteiger partial charge on any atom is 0.255 e. The molecule has 7 rings (SSSR count). The SMILES string of the molecule is Cc1ccc(C(=O)N2CCN(Cc3cccnc3)CC2)cc1NC(=O)c1ccc(Nc2nc(C3=CC=CCC3)c3ccccc3n2)cc1. The monoisotopic (exact) mass is 635 g/mol. The molecule has 2 N–H and O–H groups in total. The molecule has 0 bridgehead atoms. The van der Waals surface area contributed by atoms with Crippen LogP contribution >= 0.6 is 0 Å². The van der Waals surface area contributed by atoms with Crippen molar-refractivity contribution in [2.45, 2.75) is 26.3 Å². The van der Waals surface area contributed by atoms with Gasteiger partial charge in [0, 0.05) is 73.0 Å². The van der Waals surface area contributed by atoms with Crippen LogP contribution in [-0.4, -0.2) is 62.7 Å². The third kappa shape index (κ3) is 7.01. The minimum atomic E-state index is -0.250. The highest BCUT2D eigenvalue weighted by molar-refractivity contribution is 6.06. The average Bonchev–Trinajstić information content (AvgIpc) is 3.13. The third-order valence-electron chi connectivity index (χ3n) is 8.85. The largest absolute Gasteiger partial charge is 0.336 e. The number of piperazine rings is 1. The summed E-state index contributed by atoms with van der Waals surface area (Å²) < 4.78 is 0. The Labute approximate surface area is 280 Å². The van der Waals surface area contributed by atoms with Gasteiger partial charge in [-0.2, -0.15) is 0 Å². The number of para-hydroxylation sites is 1. The Balaban J connectivity index is 0.997. The van der Waals surface area contributed by atoms with E-state index in [1.807, 2.05) is 66.6 Å². The second-order valence-corrected chi connectivity index (χ2v) is 12.2. The van der Waals surface area contributed by atoms with Crippen LogP contribution in [0.3, 0.4) is 0 Å². The molecule has 240 valence electrons. The summed E-state index contributed by atoms with van der Waals surface area (Å²) >= 11 is 0. The maximum absolute atomic E-state index is 13.4. The summed E-state index contributed by atoms with van der Waals surface area (Å²) in [6.07, 6.45) is 11.9. The summed E-state index contributed by atoms with van der Waals surface area (Å²) in [6, 6.07) is 24.8. The van der Waals surface area contributed by atoms with Gasteiger partial charge >= 0.3 is 0 Å². The van der Waals surface area contributed by atoms with E-state index < -0.39 is 0 Å². The molecule has 3 aromatic carbocycles. The Hall–Kier alpha value is -5.67. The number of hydrogen-bond donors (Lipinski definition) is 2. The van der Waals surface area contributed by atoms with Crippen molar-refractivity contribution in [2.24, 2.45) is 0 Å². The standard InChI is InChI=1S/C39H37N7O2/c1-27-13-14-31(38(48)46-22-20-45(21-23-46)26-28-8-7-19-40-25-28)24-35(27)42-37(47)30-15-17-32(18-16-30)41-39-43-34-12-6-5-11-33(34)36(44-39)29-9-3-2-4-10-29/h2-3,5-9,11-19,24-25H,4,10,20-23,26H2,1H3,(H,42,47)(H,41,43,44). The molecule has 9 nitrogen and oxygen atoms in total. The smallest absolute Gasteiger partial charge is 0.255 e. The Morgan fingerprint density at radius 3 is 2.46 bits per heavy atom. The molecule has 1 saturated heterocycles. The molecule has 9 heteroatoms. The summed E-state index contributed by atoms with van der Waals surface area (Å²) in [4.78, 5) is 44.8. The van der Waals surface area contributed by atoms with Gasteiger partial charge in [-0.05, 0) is 85.0 Å². The van der Waals surface area contributed by atoms with Crippen LogP contribution in [0.15, 0.2) is 109 Å².